The highest BCUT2D eigenvalue weighted by atomic mass is 16.2. The molecule has 1 saturated heterocycles. The van der Waals surface area contributed by atoms with Gasteiger partial charge in [0, 0.05) is 7.05 Å². The Morgan fingerprint density at radius 3 is 2.87 bits per heavy atom. The van der Waals surface area contributed by atoms with E-state index in [1.54, 1.807) is 11.1 Å². The summed E-state index contributed by atoms with van der Waals surface area (Å²) >= 11 is 0. The summed E-state index contributed by atoms with van der Waals surface area (Å²) in [6.07, 6.45) is 6.24. The van der Waals surface area contributed by atoms with Crippen LogP contribution in [-0.4, -0.2) is 52.4 Å². The Kier molecular flexibility index (Phi) is 4.86. The Labute approximate surface area is 137 Å². The van der Waals surface area contributed by atoms with E-state index in [1.807, 2.05) is 31.3 Å². The molecule has 1 aromatic heterocycles. The van der Waals surface area contributed by atoms with Crippen molar-refractivity contribution >= 4 is 16.9 Å². The van der Waals surface area contributed by atoms with Crippen LogP contribution < -0.4 is 0 Å². The molecule has 0 aliphatic carbocycles. The van der Waals surface area contributed by atoms with E-state index >= 15 is 0 Å². The second-order valence-electron chi connectivity index (χ2n) is 6.39. The molecule has 0 unspecified atom stereocenters. The van der Waals surface area contributed by atoms with E-state index in [2.05, 4.69) is 21.9 Å². The molecule has 1 aliphatic rings. The van der Waals surface area contributed by atoms with Crippen LogP contribution in [0, 0.1) is 0 Å². The molecule has 0 N–H and O–H groups in total. The number of fused-ring (bicyclic) bond motifs is 1. The van der Waals surface area contributed by atoms with E-state index in [9.17, 15) is 4.79 Å². The van der Waals surface area contributed by atoms with Gasteiger partial charge in [-0.15, -0.1) is 0 Å². The molecule has 1 aromatic carbocycles. The van der Waals surface area contributed by atoms with Crippen LogP contribution in [-0.2, 0) is 11.3 Å². The van der Waals surface area contributed by atoms with Crippen molar-refractivity contribution in [3.8, 4) is 0 Å². The molecule has 2 heterocycles. The Morgan fingerprint density at radius 1 is 1.26 bits per heavy atom. The minimum atomic E-state index is -0.00378. The molecule has 0 spiro atoms. The predicted octanol–water partition coefficient (Wildman–Crippen LogP) is 2.46. The van der Waals surface area contributed by atoms with Crippen molar-refractivity contribution < 1.29 is 4.79 Å². The highest BCUT2D eigenvalue weighted by Gasteiger charge is 2.27. The topological polar surface area (TPSA) is 49.3 Å². The number of likely N-dealkylation sites (N-methyl/N-ethyl adjacent to an activating group) is 2. The number of carbonyl (C=O) groups excluding carboxylic acids is 1. The number of hydrogen-bond acceptors (Lipinski definition) is 4. The fraction of sp³-hybridized carbons (Fsp3) is 0.500. The van der Waals surface area contributed by atoms with Gasteiger partial charge < -0.3 is 4.90 Å². The van der Waals surface area contributed by atoms with Crippen LogP contribution in [0.25, 0.3) is 11.0 Å². The van der Waals surface area contributed by atoms with Crippen LogP contribution in [0.1, 0.15) is 31.4 Å². The highest BCUT2D eigenvalue weighted by Crippen LogP contribution is 2.17. The molecule has 0 bridgehead atoms. The average Bonchev–Trinajstić information content (AvgIpc) is 2.78. The average molecular weight is 312 g/mol. The van der Waals surface area contributed by atoms with Crippen molar-refractivity contribution in [2.75, 3.05) is 20.6 Å². The first-order valence-corrected chi connectivity index (χ1v) is 8.31. The molecule has 2 aromatic rings. The van der Waals surface area contributed by atoms with Crippen molar-refractivity contribution in [2.45, 2.75) is 38.3 Å². The minimum absolute atomic E-state index is 0.00378. The lowest BCUT2D eigenvalue weighted by Gasteiger charge is -2.29. The molecule has 1 aliphatic heterocycles. The third kappa shape index (κ3) is 3.67. The first-order valence-electron chi connectivity index (χ1n) is 8.31. The van der Waals surface area contributed by atoms with Gasteiger partial charge in [-0.3, -0.25) is 14.7 Å². The lowest BCUT2D eigenvalue weighted by atomic mass is 10.1. The third-order valence-electron chi connectivity index (χ3n) is 4.58. The van der Waals surface area contributed by atoms with Gasteiger partial charge in [0.1, 0.15) is 0 Å². The molecule has 5 heteroatoms. The number of likely N-dealkylation sites (tertiary alicyclic amines) is 1. The number of hydrogen-bond donors (Lipinski definition) is 0. The first-order chi connectivity index (χ1) is 11.1. The van der Waals surface area contributed by atoms with Crippen molar-refractivity contribution in [1.82, 2.24) is 19.8 Å². The fourth-order valence-corrected chi connectivity index (χ4v) is 3.21. The quantitative estimate of drug-likeness (QED) is 0.873. The molecular weight excluding hydrogens is 288 g/mol. The van der Waals surface area contributed by atoms with Crippen LogP contribution in [0.5, 0.6) is 0 Å². The lowest BCUT2D eigenvalue weighted by Crippen LogP contribution is -2.45. The van der Waals surface area contributed by atoms with E-state index in [-0.39, 0.29) is 11.9 Å². The van der Waals surface area contributed by atoms with E-state index in [0.29, 0.717) is 6.54 Å². The van der Waals surface area contributed by atoms with E-state index in [0.717, 1.165) is 36.1 Å². The summed E-state index contributed by atoms with van der Waals surface area (Å²) in [5.74, 6) is 0.185. The summed E-state index contributed by atoms with van der Waals surface area (Å²) in [6, 6.07) is 7.80. The zero-order valence-electron chi connectivity index (χ0n) is 13.9. The number of amides is 1. The fourth-order valence-electron chi connectivity index (χ4n) is 3.21. The second kappa shape index (κ2) is 7.04. The Balaban J connectivity index is 1.71. The summed E-state index contributed by atoms with van der Waals surface area (Å²) in [7, 11) is 3.91. The minimum Gasteiger partial charge on any atom is -0.338 e. The van der Waals surface area contributed by atoms with Crippen LogP contribution >= 0.6 is 0 Å². The maximum atomic E-state index is 12.8. The number of carbonyl (C=O) groups is 1. The van der Waals surface area contributed by atoms with Crippen molar-refractivity contribution in [3.05, 3.63) is 36.2 Å². The van der Waals surface area contributed by atoms with Gasteiger partial charge >= 0.3 is 0 Å². The van der Waals surface area contributed by atoms with Gasteiger partial charge in [-0.2, -0.15) is 0 Å². The predicted molar refractivity (Wildman–Crippen MR) is 90.9 cm³/mol. The Morgan fingerprint density at radius 2 is 2.04 bits per heavy atom. The standard InChI is InChI=1S/C18H24N4O/c1-21-11-7-3-4-10-17(21)18(23)22(2)13-14-12-19-15-8-5-6-9-16(15)20-14/h5-6,8-9,12,17H,3-4,7,10-11,13H2,1-2H3/t17-/m0/s1. The molecular formula is C18H24N4O. The van der Waals surface area contributed by atoms with Crippen molar-refractivity contribution in [3.63, 3.8) is 0 Å². The van der Waals surface area contributed by atoms with Gasteiger partial charge in [-0.05, 0) is 38.6 Å². The molecule has 0 saturated carbocycles. The van der Waals surface area contributed by atoms with Crippen LogP contribution in [0.3, 0.4) is 0 Å². The van der Waals surface area contributed by atoms with Crippen LogP contribution in [0.15, 0.2) is 30.5 Å². The SMILES string of the molecule is CN(Cc1cnc2ccccc2n1)C(=O)[C@@H]1CCCCCN1C. The zero-order chi connectivity index (χ0) is 16.2. The van der Waals surface area contributed by atoms with Crippen molar-refractivity contribution in [2.24, 2.45) is 0 Å². The third-order valence-corrected chi connectivity index (χ3v) is 4.58. The number of para-hydroxylation sites is 2. The number of nitrogens with zero attached hydrogens (tertiary/aromatic N) is 4. The lowest BCUT2D eigenvalue weighted by molar-refractivity contribution is -0.135. The van der Waals surface area contributed by atoms with E-state index < -0.39 is 0 Å². The summed E-state index contributed by atoms with van der Waals surface area (Å²) in [4.78, 5) is 25.8. The molecule has 122 valence electrons. The maximum absolute atomic E-state index is 12.8. The first kappa shape index (κ1) is 15.9. The Bertz CT molecular complexity index is 688. The Hall–Kier alpha value is -2.01. The second-order valence-corrected chi connectivity index (χ2v) is 6.39. The summed E-state index contributed by atoms with van der Waals surface area (Å²) in [6.45, 7) is 1.50. The number of aromatic nitrogens is 2. The highest BCUT2D eigenvalue weighted by molar-refractivity contribution is 5.81. The maximum Gasteiger partial charge on any atom is 0.240 e. The number of benzene rings is 1. The van der Waals surface area contributed by atoms with Gasteiger partial charge in [-0.1, -0.05) is 25.0 Å². The van der Waals surface area contributed by atoms with Gasteiger partial charge in [0.15, 0.2) is 0 Å². The molecule has 3 rings (SSSR count). The zero-order valence-corrected chi connectivity index (χ0v) is 13.9. The van der Waals surface area contributed by atoms with Crippen LogP contribution in [0.4, 0.5) is 0 Å². The molecule has 5 nitrogen and oxygen atoms in total. The summed E-state index contributed by atoms with van der Waals surface area (Å²) < 4.78 is 0. The monoisotopic (exact) mass is 312 g/mol. The molecule has 1 fully saturated rings. The number of rotatable bonds is 3. The van der Waals surface area contributed by atoms with Gasteiger partial charge in [0.05, 0.1) is 35.5 Å². The molecule has 1 amide bonds. The van der Waals surface area contributed by atoms with Gasteiger partial charge in [-0.25, -0.2) is 4.98 Å². The van der Waals surface area contributed by atoms with Crippen LogP contribution in [0.2, 0.25) is 0 Å². The normalized spacial score (nSPS) is 19.5. The van der Waals surface area contributed by atoms with E-state index in [1.165, 1.54) is 12.8 Å². The van der Waals surface area contributed by atoms with Gasteiger partial charge in [0.2, 0.25) is 5.91 Å². The summed E-state index contributed by atoms with van der Waals surface area (Å²) in [5.41, 5.74) is 2.59. The van der Waals surface area contributed by atoms with Gasteiger partial charge in [0.25, 0.3) is 0 Å². The summed E-state index contributed by atoms with van der Waals surface area (Å²) in [5, 5.41) is 0. The largest absolute Gasteiger partial charge is 0.338 e. The van der Waals surface area contributed by atoms with E-state index in [4.69, 9.17) is 0 Å². The molecule has 1 atom stereocenters. The smallest absolute Gasteiger partial charge is 0.240 e. The molecule has 23 heavy (non-hydrogen) atoms. The molecule has 0 radical (unpaired) electrons. The van der Waals surface area contributed by atoms with Crippen molar-refractivity contribution in [1.29, 1.82) is 0 Å².